The Morgan fingerprint density at radius 1 is 0.919 bits per heavy atom. The summed E-state index contributed by atoms with van der Waals surface area (Å²) in [6, 6.07) is 19.0. The lowest BCUT2D eigenvalue weighted by Gasteiger charge is -2.50. The Kier molecular flexibility index (Phi) is 6.10. The van der Waals surface area contributed by atoms with E-state index in [1.54, 1.807) is 12.1 Å². The monoisotopic (exact) mass is 496 g/mol. The third-order valence-electron chi connectivity index (χ3n) is 9.26. The molecule has 0 spiro atoms. The van der Waals surface area contributed by atoms with E-state index in [1.807, 2.05) is 60.4 Å². The number of fused-ring (bicyclic) bond motifs is 5. The molecule has 3 aliphatic carbocycles. The Balaban J connectivity index is 1.16. The second-order valence-electron chi connectivity index (χ2n) is 11.3. The number of carbonyl (C=O) groups excluding carboxylic acids is 2. The number of hydrogen-bond acceptors (Lipinski definition) is 4. The van der Waals surface area contributed by atoms with Crippen molar-refractivity contribution in [2.24, 2.45) is 24.3 Å². The molecule has 5 atom stereocenters. The van der Waals surface area contributed by atoms with Gasteiger partial charge in [0.1, 0.15) is 24.5 Å². The van der Waals surface area contributed by atoms with Gasteiger partial charge in [-0.2, -0.15) is 0 Å². The van der Waals surface area contributed by atoms with Gasteiger partial charge in [-0.05, 0) is 97.7 Å². The van der Waals surface area contributed by atoms with Crippen molar-refractivity contribution in [2.45, 2.75) is 57.5 Å². The predicted octanol–water partition coefficient (Wildman–Crippen LogP) is 5.81. The summed E-state index contributed by atoms with van der Waals surface area (Å²) in [5.41, 5.74) is 3.91. The van der Waals surface area contributed by atoms with E-state index in [4.69, 9.17) is 9.47 Å². The first-order chi connectivity index (χ1) is 17.9. The van der Waals surface area contributed by atoms with Crippen molar-refractivity contribution >= 4 is 11.9 Å². The second kappa shape index (κ2) is 9.44. The lowest BCUT2D eigenvalue weighted by atomic mass is 9.55. The predicted molar refractivity (Wildman–Crippen MR) is 139 cm³/mol. The molecule has 1 aromatic heterocycles. The van der Waals surface area contributed by atoms with Gasteiger partial charge >= 0.3 is 11.9 Å². The fourth-order valence-electron chi connectivity index (χ4n) is 7.41. The summed E-state index contributed by atoms with van der Waals surface area (Å²) in [4.78, 5) is 25.5. The smallest absolute Gasteiger partial charge is 0.344 e. The number of ether oxygens (including phenoxy) is 2. The van der Waals surface area contributed by atoms with Crippen molar-refractivity contribution in [3.8, 4) is 5.75 Å². The molecule has 0 N–H and O–H groups in total. The average molecular weight is 497 g/mol. The summed E-state index contributed by atoms with van der Waals surface area (Å²) in [6.07, 6.45) is 10.0. The van der Waals surface area contributed by atoms with Gasteiger partial charge in [0.15, 0.2) is 12.4 Å². The van der Waals surface area contributed by atoms with E-state index >= 15 is 0 Å². The van der Waals surface area contributed by atoms with Crippen molar-refractivity contribution < 1.29 is 23.6 Å². The molecule has 3 aromatic rings. The Hall–Kier alpha value is -3.47. The average Bonchev–Trinajstić information content (AvgIpc) is 3.24. The summed E-state index contributed by atoms with van der Waals surface area (Å²) in [5.74, 6) is 1.76. The van der Waals surface area contributed by atoms with Crippen LogP contribution in [0.25, 0.3) is 0 Å². The first-order valence-electron chi connectivity index (χ1n) is 13.5. The molecular weight excluding hydrogens is 462 g/mol. The van der Waals surface area contributed by atoms with Crippen LogP contribution in [0.3, 0.4) is 0 Å². The van der Waals surface area contributed by atoms with Gasteiger partial charge in [0, 0.05) is 11.5 Å². The summed E-state index contributed by atoms with van der Waals surface area (Å²) >= 11 is 0. The third kappa shape index (κ3) is 4.35. The van der Waals surface area contributed by atoms with Crippen molar-refractivity contribution in [3.05, 3.63) is 95.3 Å². The first-order valence-corrected chi connectivity index (χ1v) is 13.5. The number of carbonyl (C=O) groups is 2. The quantitative estimate of drug-likeness (QED) is 0.260. The van der Waals surface area contributed by atoms with Crippen molar-refractivity contribution in [1.29, 1.82) is 0 Å². The van der Waals surface area contributed by atoms with Gasteiger partial charge in [0.2, 0.25) is 0 Å². The van der Waals surface area contributed by atoms with Crippen LogP contribution in [0.5, 0.6) is 5.75 Å². The van der Waals surface area contributed by atoms with Crippen LogP contribution in [-0.2, 0) is 18.2 Å². The zero-order chi connectivity index (χ0) is 25.6. The van der Waals surface area contributed by atoms with Crippen LogP contribution < -0.4 is 9.30 Å². The number of esters is 2. The van der Waals surface area contributed by atoms with Crippen LogP contribution >= 0.6 is 0 Å². The number of pyridine rings is 1. The lowest BCUT2D eigenvalue weighted by molar-refractivity contribution is -0.671. The zero-order valence-electron chi connectivity index (χ0n) is 21.6. The minimum Gasteiger partial charge on any atom is -0.458 e. The van der Waals surface area contributed by atoms with Gasteiger partial charge in [-0.15, -0.1) is 0 Å². The largest absolute Gasteiger partial charge is 0.458 e. The minimum atomic E-state index is -0.321. The zero-order valence-corrected chi connectivity index (χ0v) is 21.6. The molecule has 1 unspecified atom stereocenters. The highest BCUT2D eigenvalue weighted by molar-refractivity contribution is 5.91. The minimum absolute atomic E-state index is 0.0243. The van der Waals surface area contributed by atoms with Crippen LogP contribution in [0.2, 0.25) is 0 Å². The van der Waals surface area contributed by atoms with E-state index in [9.17, 15) is 9.59 Å². The number of hydrogen-bond donors (Lipinski definition) is 0. The Morgan fingerprint density at radius 2 is 1.73 bits per heavy atom. The summed E-state index contributed by atoms with van der Waals surface area (Å²) in [7, 11) is 1.92. The van der Waals surface area contributed by atoms with E-state index in [-0.39, 0.29) is 23.5 Å². The van der Waals surface area contributed by atoms with Crippen molar-refractivity contribution in [2.75, 3.05) is 0 Å². The lowest BCUT2D eigenvalue weighted by Crippen LogP contribution is -2.45. The Morgan fingerprint density at radius 3 is 2.54 bits per heavy atom. The molecule has 0 aliphatic heterocycles. The molecule has 6 rings (SSSR count). The molecule has 5 heteroatoms. The van der Waals surface area contributed by atoms with E-state index in [1.165, 1.54) is 11.1 Å². The number of aromatic nitrogens is 1. The number of rotatable bonds is 4. The maximum Gasteiger partial charge on any atom is 0.344 e. The molecular formula is C32H34NO4+. The third-order valence-corrected chi connectivity index (χ3v) is 9.26. The molecule has 2 aromatic carbocycles. The molecule has 0 saturated heterocycles. The molecule has 1 heterocycles. The maximum atomic E-state index is 12.9. The van der Waals surface area contributed by atoms with Crippen LogP contribution in [0.15, 0.2) is 73.1 Å². The highest BCUT2D eigenvalue weighted by Crippen LogP contribution is 2.61. The van der Waals surface area contributed by atoms with E-state index in [0.29, 0.717) is 34.6 Å². The van der Waals surface area contributed by atoms with Gasteiger partial charge in [0.05, 0.1) is 5.56 Å². The maximum absolute atomic E-state index is 12.9. The number of benzene rings is 2. The van der Waals surface area contributed by atoms with Crippen LogP contribution in [0.1, 0.15) is 76.8 Å². The first kappa shape index (κ1) is 23.9. The molecule has 37 heavy (non-hydrogen) atoms. The molecule has 5 nitrogen and oxygen atoms in total. The van der Waals surface area contributed by atoms with Crippen molar-refractivity contribution in [1.82, 2.24) is 0 Å². The molecule has 2 fully saturated rings. The summed E-state index contributed by atoms with van der Waals surface area (Å²) in [5, 5.41) is 0. The topological polar surface area (TPSA) is 56.5 Å². The Bertz CT molecular complexity index is 1340. The molecule has 0 bridgehead atoms. The summed E-state index contributed by atoms with van der Waals surface area (Å²) < 4.78 is 13.7. The van der Waals surface area contributed by atoms with Crippen LogP contribution in [0.4, 0.5) is 0 Å². The fourth-order valence-corrected chi connectivity index (χ4v) is 7.41. The van der Waals surface area contributed by atoms with Gasteiger partial charge in [-0.25, -0.2) is 14.2 Å². The van der Waals surface area contributed by atoms with Crippen LogP contribution in [0, 0.1) is 17.3 Å². The van der Waals surface area contributed by atoms with E-state index in [0.717, 1.165) is 38.5 Å². The van der Waals surface area contributed by atoms with Gasteiger partial charge < -0.3 is 9.47 Å². The molecule has 2 saturated carbocycles. The molecule has 0 amide bonds. The van der Waals surface area contributed by atoms with E-state index in [2.05, 4.69) is 19.1 Å². The van der Waals surface area contributed by atoms with Crippen LogP contribution in [-0.4, -0.2) is 18.0 Å². The van der Waals surface area contributed by atoms with Crippen molar-refractivity contribution in [3.63, 3.8) is 0 Å². The Labute approximate surface area is 218 Å². The van der Waals surface area contributed by atoms with Gasteiger partial charge in [0.25, 0.3) is 0 Å². The second-order valence-corrected chi connectivity index (χ2v) is 11.3. The summed E-state index contributed by atoms with van der Waals surface area (Å²) in [6.45, 7) is 2.35. The highest BCUT2D eigenvalue weighted by Gasteiger charge is 2.56. The van der Waals surface area contributed by atoms with Gasteiger partial charge in [-0.3, -0.25) is 0 Å². The number of nitrogens with zero attached hydrogens (tertiary/aromatic N) is 1. The van der Waals surface area contributed by atoms with E-state index < -0.39 is 0 Å². The molecule has 190 valence electrons. The fraction of sp³-hybridized carbons (Fsp3) is 0.406. The van der Waals surface area contributed by atoms with Gasteiger partial charge in [-0.1, -0.05) is 31.2 Å². The standard InChI is InChI=1S/C32H34NO4/c1-32-17-16-26-25-13-11-24(36-30(34)21-7-4-3-5-8-21)19-22(25)10-12-27(26)28(32)14-15-29(32)37-31(35)23-9-6-18-33(2)20-23/h3-9,11,13,18-20,26-29H,10,12,14-17H2,1-2H3/q+1/t26-,27-,28+,29?,32+/m1/s1. The SMILES string of the molecule is C[n+]1cccc(C(=O)OC2CC[C@H]3[C@@H]4CCc5cc(OC(=O)c6ccccc6)ccc5[C@H]4CC[C@]23C)c1. The number of aryl methyl sites for hydroxylation is 2. The highest BCUT2D eigenvalue weighted by atomic mass is 16.5. The molecule has 3 aliphatic rings. The normalized spacial score (nSPS) is 27.9. The molecule has 0 radical (unpaired) electrons.